The van der Waals surface area contributed by atoms with Gasteiger partial charge in [-0.25, -0.2) is 9.29 Å². The molecular weight excluding hydrogens is 469 g/mol. The van der Waals surface area contributed by atoms with Crippen LogP contribution in [0.25, 0.3) is 0 Å². The molecule has 9 nitrogen and oxygen atoms in total. The Bertz CT molecular complexity index is 1360. The zero-order chi connectivity index (χ0) is 25.6. The Kier molecular flexibility index (Phi) is 5.60. The number of carbonyl (C=O) groups is 3. The van der Waals surface area contributed by atoms with Gasteiger partial charge >= 0.3 is 5.97 Å². The maximum atomic E-state index is 13.7. The van der Waals surface area contributed by atoms with Gasteiger partial charge in [0.25, 0.3) is 5.69 Å². The van der Waals surface area contributed by atoms with Crippen molar-refractivity contribution in [2.75, 3.05) is 4.90 Å². The van der Waals surface area contributed by atoms with Crippen molar-refractivity contribution in [2.45, 2.75) is 18.0 Å². The molecule has 3 aromatic carbocycles. The second-order valence-electron chi connectivity index (χ2n) is 8.90. The van der Waals surface area contributed by atoms with Crippen LogP contribution in [-0.4, -0.2) is 33.4 Å². The zero-order valence-electron chi connectivity index (χ0n) is 18.7. The normalized spacial score (nSPS) is 25.1. The Morgan fingerprint density at radius 3 is 2.22 bits per heavy atom. The van der Waals surface area contributed by atoms with E-state index in [1.807, 2.05) is 0 Å². The van der Waals surface area contributed by atoms with Crippen molar-refractivity contribution in [3.63, 3.8) is 0 Å². The van der Waals surface area contributed by atoms with E-state index >= 15 is 0 Å². The lowest BCUT2D eigenvalue weighted by Crippen LogP contribution is -2.57. The highest BCUT2D eigenvalue weighted by Crippen LogP contribution is 2.51. The molecule has 2 saturated heterocycles. The number of nitrogens with zero attached hydrogens (tertiary/aromatic N) is 2. The molecule has 0 saturated carbocycles. The fraction of sp³-hybridized carbons (Fsp3) is 0.192. The van der Waals surface area contributed by atoms with Crippen molar-refractivity contribution in [2.24, 2.45) is 11.8 Å². The van der Waals surface area contributed by atoms with Crippen LogP contribution in [0.15, 0.2) is 78.9 Å². The molecular formula is C26H20FN3O6. The van der Waals surface area contributed by atoms with Gasteiger partial charge in [-0.2, -0.15) is 0 Å². The van der Waals surface area contributed by atoms with E-state index in [0.717, 1.165) is 17.0 Å². The number of rotatable bonds is 6. The van der Waals surface area contributed by atoms with Gasteiger partial charge in [0.15, 0.2) is 0 Å². The number of amides is 2. The van der Waals surface area contributed by atoms with Crippen LogP contribution in [0.3, 0.4) is 0 Å². The molecule has 3 aromatic rings. The van der Waals surface area contributed by atoms with E-state index in [-0.39, 0.29) is 17.8 Å². The second-order valence-corrected chi connectivity index (χ2v) is 8.90. The fourth-order valence-corrected chi connectivity index (χ4v) is 5.29. The van der Waals surface area contributed by atoms with Gasteiger partial charge in [0.05, 0.1) is 22.4 Å². The first kappa shape index (κ1) is 23.3. The Morgan fingerprint density at radius 1 is 1.00 bits per heavy atom. The molecule has 0 unspecified atom stereocenters. The van der Waals surface area contributed by atoms with Gasteiger partial charge in [-0.1, -0.05) is 42.5 Å². The van der Waals surface area contributed by atoms with E-state index < -0.39 is 51.9 Å². The Balaban J connectivity index is 1.64. The van der Waals surface area contributed by atoms with Crippen LogP contribution < -0.4 is 10.2 Å². The fourth-order valence-electron chi connectivity index (χ4n) is 5.29. The first-order valence-electron chi connectivity index (χ1n) is 11.2. The number of carboxylic acid groups (broad SMARTS) is 1. The number of non-ortho nitro benzene ring substituents is 1. The average Bonchev–Trinajstić information content (AvgIpc) is 3.34. The minimum Gasteiger partial charge on any atom is -0.480 e. The number of aliphatic carboxylic acids is 1. The summed E-state index contributed by atoms with van der Waals surface area (Å²) in [4.78, 5) is 51.7. The highest BCUT2D eigenvalue weighted by atomic mass is 19.1. The molecule has 0 spiro atoms. The van der Waals surface area contributed by atoms with Crippen molar-refractivity contribution in [1.82, 2.24) is 5.32 Å². The van der Waals surface area contributed by atoms with Crippen LogP contribution in [0.1, 0.15) is 17.2 Å². The molecule has 2 aliphatic heterocycles. The maximum absolute atomic E-state index is 13.7. The van der Waals surface area contributed by atoms with E-state index in [9.17, 15) is 34.0 Å². The zero-order valence-corrected chi connectivity index (χ0v) is 18.7. The molecule has 0 bridgehead atoms. The van der Waals surface area contributed by atoms with Crippen molar-refractivity contribution in [3.8, 4) is 0 Å². The van der Waals surface area contributed by atoms with Crippen molar-refractivity contribution < 1.29 is 28.8 Å². The summed E-state index contributed by atoms with van der Waals surface area (Å²) < 4.78 is 13.5. The molecule has 2 fully saturated rings. The number of benzene rings is 3. The first-order valence-corrected chi connectivity index (χ1v) is 11.2. The predicted octanol–water partition coefficient (Wildman–Crippen LogP) is 3.25. The summed E-state index contributed by atoms with van der Waals surface area (Å²) in [5.41, 5.74) is -0.768. The smallest absolute Gasteiger partial charge is 0.325 e. The van der Waals surface area contributed by atoms with Gasteiger partial charge in [0.2, 0.25) is 11.8 Å². The number of carboxylic acids is 1. The van der Waals surface area contributed by atoms with E-state index in [1.54, 1.807) is 30.3 Å². The summed E-state index contributed by atoms with van der Waals surface area (Å²) in [5.74, 6) is -5.53. The third kappa shape index (κ3) is 3.62. The van der Waals surface area contributed by atoms with Crippen LogP contribution in [0.4, 0.5) is 15.8 Å². The number of nitro benzene ring substituents is 1. The van der Waals surface area contributed by atoms with Crippen LogP contribution in [0.5, 0.6) is 0 Å². The Morgan fingerprint density at radius 2 is 1.64 bits per heavy atom. The van der Waals surface area contributed by atoms with Crippen LogP contribution in [0.2, 0.25) is 0 Å². The number of carbonyl (C=O) groups excluding carboxylic acids is 2. The van der Waals surface area contributed by atoms with Crippen molar-refractivity contribution >= 4 is 29.2 Å². The molecule has 0 radical (unpaired) electrons. The first-order chi connectivity index (χ1) is 17.2. The largest absolute Gasteiger partial charge is 0.480 e. The molecule has 182 valence electrons. The summed E-state index contributed by atoms with van der Waals surface area (Å²) in [5, 5.41) is 24.6. The number of hydrogen-bond acceptors (Lipinski definition) is 6. The second kappa shape index (κ2) is 8.65. The van der Waals surface area contributed by atoms with Crippen molar-refractivity contribution in [1.29, 1.82) is 0 Å². The summed E-state index contributed by atoms with van der Waals surface area (Å²) >= 11 is 0. The quantitative estimate of drug-likeness (QED) is 0.309. The predicted molar refractivity (Wildman–Crippen MR) is 125 cm³/mol. The third-order valence-corrected chi connectivity index (χ3v) is 6.91. The van der Waals surface area contributed by atoms with Gasteiger partial charge in [-0.05, 0) is 35.4 Å². The van der Waals surface area contributed by atoms with Gasteiger partial charge in [0, 0.05) is 24.6 Å². The minimum absolute atomic E-state index is 0.0793. The monoisotopic (exact) mass is 489 g/mol. The SMILES string of the molecule is O=C1[C@@H]2[C@H](c3ccc([N+](=O)[O-])cc3)N[C@](Cc3ccccc3)(C(=O)O)[C@H]2C(=O)N1c1ccc(F)cc1. The summed E-state index contributed by atoms with van der Waals surface area (Å²) in [6, 6.07) is 18.1. The minimum atomic E-state index is -1.83. The molecule has 2 N–H and O–H groups in total. The average molecular weight is 489 g/mol. The highest BCUT2D eigenvalue weighted by molar-refractivity contribution is 6.24. The van der Waals surface area contributed by atoms with Gasteiger partial charge in [-0.3, -0.25) is 29.8 Å². The summed E-state index contributed by atoms with van der Waals surface area (Å²) in [6.07, 6.45) is -0.0793. The number of halogens is 1. The van der Waals surface area contributed by atoms with E-state index in [1.165, 1.54) is 36.4 Å². The Hall–Kier alpha value is -4.44. The van der Waals surface area contributed by atoms with Crippen LogP contribution >= 0.6 is 0 Å². The lowest BCUT2D eigenvalue weighted by molar-refractivity contribution is -0.384. The number of anilines is 1. The molecule has 2 amide bonds. The van der Waals surface area contributed by atoms with Crippen LogP contribution in [0, 0.1) is 27.8 Å². The molecule has 36 heavy (non-hydrogen) atoms. The lowest BCUT2D eigenvalue weighted by atomic mass is 9.76. The molecule has 5 rings (SSSR count). The topological polar surface area (TPSA) is 130 Å². The number of hydrogen-bond donors (Lipinski definition) is 2. The van der Waals surface area contributed by atoms with Gasteiger partial charge in [-0.15, -0.1) is 0 Å². The molecule has 2 aliphatic rings. The highest BCUT2D eigenvalue weighted by Gasteiger charge is 2.68. The van der Waals surface area contributed by atoms with E-state index in [2.05, 4.69) is 5.32 Å². The number of fused-ring (bicyclic) bond motifs is 1. The lowest BCUT2D eigenvalue weighted by Gasteiger charge is -2.31. The molecule has 4 atom stereocenters. The molecule has 0 aliphatic carbocycles. The summed E-state index contributed by atoms with van der Waals surface area (Å²) in [7, 11) is 0. The standard InChI is InChI=1S/C26H20FN3O6/c27-17-8-12-18(13-9-17)29-23(31)20-21(24(29)32)26(25(33)34,14-15-4-2-1-3-5-15)28-22(20)16-6-10-19(11-7-16)30(35)36/h1-13,20-22,28H,14H2,(H,33,34)/t20-,21+,22-,26-/m0/s1. The molecule has 10 heteroatoms. The van der Waals surface area contributed by atoms with E-state index in [4.69, 9.17) is 0 Å². The molecule has 0 aromatic heterocycles. The van der Waals surface area contributed by atoms with Gasteiger partial charge < -0.3 is 5.11 Å². The Labute approximate surface area is 204 Å². The number of nitro groups is 1. The van der Waals surface area contributed by atoms with Crippen LogP contribution in [-0.2, 0) is 20.8 Å². The van der Waals surface area contributed by atoms with Gasteiger partial charge in [0.1, 0.15) is 11.4 Å². The van der Waals surface area contributed by atoms with Crippen molar-refractivity contribution in [3.05, 3.63) is 106 Å². The number of nitrogens with one attached hydrogen (secondary N) is 1. The number of imide groups is 1. The third-order valence-electron chi connectivity index (χ3n) is 6.91. The maximum Gasteiger partial charge on any atom is 0.325 e. The van der Waals surface area contributed by atoms with E-state index in [0.29, 0.717) is 11.1 Å². The summed E-state index contributed by atoms with van der Waals surface area (Å²) in [6.45, 7) is 0. The molecule has 2 heterocycles.